The first-order chi connectivity index (χ1) is 12.1. The average Bonchev–Trinajstić information content (AvgIpc) is 3.50. The van der Waals surface area contributed by atoms with Gasteiger partial charge < -0.3 is 9.88 Å². The number of amides is 1. The summed E-state index contributed by atoms with van der Waals surface area (Å²) in [6.07, 6.45) is 3.35. The average molecular weight is 364 g/mol. The van der Waals surface area contributed by atoms with E-state index in [0.29, 0.717) is 30.2 Å². The number of nitrogens with zero attached hydrogens (tertiary/aromatic N) is 2. The predicted molar refractivity (Wildman–Crippen MR) is 89.6 cm³/mol. The van der Waals surface area contributed by atoms with Crippen molar-refractivity contribution >= 4 is 18.1 Å². The summed E-state index contributed by atoms with van der Waals surface area (Å²) in [6.45, 7) is 0.444. The van der Waals surface area contributed by atoms with Crippen molar-refractivity contribution in [1.82, 2.24) is 20.1 Å². The van der Waals surface area contributed by atoms with Crippen LogP contribution < -0.4 is 5.32 Å². The lowest BCUT2D eigenvalue weighted by Gasteiger charge is -2.07. The van der Waals surface area contributed by atoms with Gasteiger partial charge in [-0.2, -0.15) is 5.10 Å². The Morgan fingerprint density at radius 2 is 2.20 bits per heavy atom. The number of nitrogens with one attached hydrogen (secondary N) is 2. The number of rotatable bonds is 6. The molecule has 1 heterocycles. The Hall–Kier alpha value is -2.09. The van der Waals surface area contributed by atoms with E-state index in [1.165, 1.54) is 6.07 Å². The van der Waals surface area contributed by atoms with E-state index in [0.717, 1.165) is 24.7 Å². The number of halogens is 2. The van der Waals surface area contributed by atoms with Gasteiger partial charge in [0.2, 0.25) is 5.91 Å². The van der Waals surface area contributed by atoms with Gasteiger partial charge in [0.05, 0.1) is 0 Å². The Balaban J connectivity index is 1.32. The molecule has 2 atom stereocenters. The van der Waals surface area contributed by atoms with Crippen LogP contribution in [-0.4, -0.2) is 27.2 Å². The molecule has 2 saturated carbocycles. The second kappa shape index (κ2) is 6.33. The van der Waals surface area contributed by atoms with Crippen LogP contribution in [0.2, 0.25) is 0 Å². The van der Waals surface area contributed by atoms with Gasteiger partial charge in [-0.15, -0.1) is 0 Å². The molecule has 2 fully saturated rings. The first kappa shape index (κ1) is 16.4. The predicted octanol–water partition coefficient (Wildman–Crippen LogP) is 3.02. The maximum absolute atomic E-state index is 13.8. The fraction of sp³-hybridized carbons (Fsp3) is 0.471. The summed E-state index contributed by atoms with van der Waals surface area (Å²) in [6, 6.07) is 4.54. The van der Waals surface area contributed by atoms with E-state index in [9.17, 15) is 13.6 Å². The number of benzene rings is 1. The zero-order valence-corrected chi connectivity index (χ0v) is 14.3. The number of carbonyl (C=O) groups excluding carboxylic acids is 1. The Morgan fingerprint density at radius 1 is 1.40 bits per heavy atom. The maximum atomic E-state index is 13.8. The molecule has 5 nitrogen and oxygen atoms in total. The molecule has 2 aromatic rings. The monoisotopic (exact) mass is 364 g/mol. The number of carbonyl (C=O) groups is 1. The van der Waals surface area contributed by atoms with Crippen molar-refractivity contribution in [3.63, 3.8) is 0 Å². The van der Waals surface area contributed by atoms with Gasteiger partial charge in [-0.3, -0.25) is 9.89 Å². The van der Waals surface area contributed by atoms with Crippen LogP contribution in [0.25, 0.3) is 0 Å². The highest BCUT2D eigenvalue weighted by Crippen LogP contribution is 2.48. The second-order valence-electron chi connectivity index (χ2n) is 6.68. The smallest absolute Gasteiger partial charge is 0.223 e. The van der Waals surface area contributed by atoms with Crippen molar-refractivity contribution in [2.75, 3.05) is 6.54 Å². The van der Waals surface area contributed by atoms with Crippen molar-refractivity contribution in [3.05, 3.63) is 46.0 Å². The summed E-state index contributed by atoms with van der Waals surface area (Å²) >= 11 is 5.23. The molecule has 0 bridgehead atoms. The van der Waals surface area contributed by atoms with E-state index in [-0.39, 0.29) is 23.3 Å². The molecular formula is C17H18F2N4OS. The molecule has 0 radical (unpaired) electrons. The van der Waals surface area contributed by atoms with Crippen molar-refractivity contribution in [2.45, 2.75) is 37.6 Å². The maximum Gasteiger partial charge on any atom is 0.223 e. The van der Waals surface area contributed by atoms with Crippen LogP contribution in [-0.2, 0) is 11.2 Å². The quantitative estimate of drug-likeness (QED) is 0.775. The molecule has 25 heavy (non-hydrogen) atoms. The van der Waals surface area contributed by atoms with Gasteiger partial charge in [0, 0.05) is 24.9 Å². The van der Waals surface area contributed by atoms with Gasteiger partial charge in [-0.25, -0.2) is 8.78 Å². The molecule has 0 unspecified atom stereocenters. The van der Waals surface area contributed by atoms with E-state index in [1.807, 2.05) is 4.57 Å². The number of H-pyrrole nitrogens is 1. The molecule has 132 valence electrons. The lowest BCUT2D eigenvalue weighted by atomic mass is 10.1. The van der Waals surface area contributed by atoms with Gasteiger partial charge in [0.1, 0.15) is 5.82 Å². The van der Waals surface area contributed by atoms with Gasteiger partial charge >= 0.3 is 0 Å². The minimum absolute atomic E-state index is 0.124. The van der Waals surface area contributed by atoms with Crippen molar-refractivity contribution < 1.29 is 13.6 Å². The Bertz CT molecular complexity index is 874. The molecule has 2 aliphatic carbocycles. The molecule has 0 spiro atoms. The van der Waals surface area contributed by atoms with E-state index in [4.69, 9.17) is 12.2 Å². The fourth-order valence-corrected chi connectivity index (χ4v) is 3.59. The normalized spacial score (nSPS) is 22.0. The largest absolute Gasteiger partial charge is 0.355 e. The minimum atomic E-state index is -0.869. The van der Waals surface area contributed by atoms with E-state index >= 15 is 0 Å². The number of hydrogen-bond donors (Lipinski definition) is 2. The third kappa shape index (κ3) is 3.22. The first-order valence-corrected chi connectivity index (χ1v) is 8.84. The minimum Gasteiger partial charge on any atom is -0.355 e. The highest BCUT2D eigenvalue weighted by molar-refractivity contribution is 7.71. The van der Waals surface area contributed by atoms with Gasteiger partial charge in [0.25, 0.3) is 0 Å². The number of hydrogen-bond acceptors (Lipinski definition) is 3. The fourth-order valence-electron chi connectivity index (χ4n) is 3.29. The third-order valence-corrected chi connectivity index (χ3v) is 5.13. The summed E-state index contributed by atoms with van der Waals surface area (Å²) in [5.74, 6) is -1.52. The SMILES string of the molecule is O=C(NCCc1n[nH]c(=S)n1C1CC1)[C@H]1C[C@@H]1c1cccc(F)c1F. The van der Waals surface area contributed by atoms with Crippen LogP contribution in [0.1, 0.15) is 42.6 Å². The molecule has 2 aliphatic rings. The number of aromatic amines is 1. The van der Waals surface area contributed by atoms with E-state index in [2.05, 4.69) is 15.5 Å². The van der Waals surface area contributed by atoms with E-state index in [1.54, 1.807) is 6.07 Å². The van der Waals surface area contributed by atoms with Gasteiger partial charge in [-0.05, 0) is 49.0 Å². The topological polar surface area (TPSA) is 62.7 Å². The van der Waals surface area contributed by atoms with Crippen molar-refractivity contribution in [1.29, 1.82) is 0 Å². The molecular weight excluding hydrogens is 346 g/mol. The molecule has 1 amide bonds. The summed E-state index contributed by atoms with van der Waals surface area (Å²) in [5, 5.41) is 9.89. The third-order valence-electron chi connectivity index (χ3n) is 4.85. The van der Waals surface area contributed by atoms with Crippen LogP contribution in [0.3, 0.4) is 0 Å². The molecule has 0 saturated heterocycles. The summed E-state index contributed by atoms with van der Waals surface area (Å²) in [5.41, 5.74) is 0.287. The lowest BCUT2D eigenvalue weighted by Crippen LogP contribution is -2.28. The summed E-state index contributed by atoms with van der Waals surface area (Å²) in [7, 11) is 0. The zero-order chi connectivity index (χ0) is 17.6. The first-order valence-electron chi connectivity index (χ1n) is 8.43. The second-order valence-corrected chi connectivity index (χ2v) is 7.07. The Labute approximate surface area is 148 Å². The highest BCUT2D eigenvalue weighted by atomic mass is 32.1. The summed E-state index contributed by atoms with van der Waals surface area (Å²) < 4.78 is 29.7. The lowest BCUT2D eigenvalue weighted by molar-refractivity contribution is -0.122. The number of aromatic nitrogens is 3. The Kier molecular flexibility index (Phi) is 4.15. The standard InChI is InChI=1S/C17H18F2N4OS/c18-13-3-1-2-10(15(13)19)11-8-12(11)16(24)20-7-6-14-21-22-17(25)23(14)9-4-5-9/h1-3,9,11-12H,4-8H2,(H,20,24)(H,22,25)/t11-,12+/m1/s1. The van der Waals surface area contributed by atoms with Crippen LogP contribution >= 0.6 is 12.2 Å². The molecule has 2 N–H and O–H groups in total. The molecule has 0 aliphatic heterocycles. The zero-order valence-electron chi connectivity index (χ0n) is 13.5. The molecule has 4 rings (SSSR count). The Morgan fingerprint density at radius 3 is 2.96 bits per heavy atom. The molecule has 1 aromatic heterocycles. The van der Waals surface area contributed by atoms with Crippen molar-refractivity contribution in [2.24, 2.45) is 5.92 Å². The van der Waals surface area contributed by atoms with Crippen LogP contribution in [0, 0.1) is 22.3 Å². The van der Waals surface area contributed by atoms with Gasteiger partial charge in [-0.1, -0.05) is 12.1 Å². The van der Waals surface area contributed by atoms with Gasteiger partial charge in [0.15, 0.2) is 16.4 Å². The highest BCUT2D eigenvalue weighted by Gasteiger charge is 2.45. The van der Waals surface area contributed by atoms with E-state index < -0.39 is 11.6 Å². The van der Waals surface area contributed by atoms with Crippen molar-refractivity contribution in [3.8, 4) is 0 Å². The van der Waals surface area contributed by atoms with Crippen LogP contribution in [0.5, 0.6) is 0 Å². The van der Waals surface area contributed by atoms with Crippen LogP contribution in [0.15, 0.2) is 18.2 Å². The van der Waals surface area contributed by atoms with Crippen LogP contribution in [0.4, 0.5) is 8.78 Å². The molecule has 8 heteroatoms. The molecule has 1 aromatic carbocycles. The summed E-state index contributed by atoms with van der Waals surface area (Å²) in [4.78, 5) is 12.2.